The number of halogens is 1. The van der Waals surface area contributed by atoms with Gasteiger partial charge in [-0.3, -0.25) is 0 Å². The second-order valence-electron chi connectivity index (χ2n) is 6.48. The number of nitrogen functional groups attached to an aromatic ring is 1. The number of aryl methyl sites for hydroxylation is 2. The van der Waals surface area contributed by atoms with Crippen LogP contribution in [0, 0.1) is 6.92 Å². The minimum Gasteiger partial charge on any atom is -0.383 e. The molecule has 0 spiro atoms. The number of hydrogen-bond acceptors (Lipinski definition) is 2. The third-order valence-electron chi connectivity index (χ3n) is 3.57. The summed E-state index contributed by atoms with van der Waals surface area (Å²) in [6, 6.07) is 5.98. The van der Waals surface area contributed by atoms with Crippen LogP contribution < -0.4 is 5.73 Å². The lowest BCUT2D eigenvalue weighted by atomic mass is 10.1. The fourth-order valence-corrected chi connectivity index (χ4v) is 2.75. The molecule has 1 aromatic heterocycles. The average molecular weight is 306 g/mol. The van der Waals surface area contributed by atoms with Crippen molar-refractivity contribution in [2.75, 3.05) is 5.73 Å². The molecule has 0 aliphatic heterocycles. The van der Waals surface area contributed by atoms with Crippen molar-refractivity contribution in [3.8, 4) is 11.3 Å². The van der Waals surface area contributed by atoms with Gasteiger partial charge in [-0.15, -0.1) is 0 Å². The van der Waals surface area contributed by atoms with E-state index in [9.17, 15) is 0 Å². The van der Waals surface area contributed by atoms with Crippen LogP contribution in [-0.2, 0) is 12.0 Å². The summed E-state index contributed by atoms with van der Waals surface area (Å²) in [6.07, 6.45) is 1.96. The van der Waals surface area contributed by atoms with Crippen molar-refractivity contribution in [3.05, 3.63) is 34.6 Å². The lowest BCUT2D eigenvalue weighted by Gasteiger charge is -2.25. The van der Waals surface area contributed by atoms with E-state index in [1.54, 1.807) is 0 Å². The van der Waals surface area contributed by atoms with Crippen LogP contribution in [0.3, 0.4) is 0 Å². The van der Waals surface area contributed by atoms with Crippen molar-refractivity contribution in [1.29, 1.82) is 0 Å². The summed E-state index contributed by atoms with van der Waals surface area (Å²) in [7, 11) is 0. The molecule has 0 atom stereocenters. The average Bonchev–Trinajstić information content (AvgIpc) is 2.70. The number of rotatable bonds is 3. The van der Waals surface area contributed by atoms with Gasteiger partial charge in [0.05, 0.1) is 0 Å². The molecule has 1 heterocycles. The molecule has 0 aliphatic carbocycles. The Morgan fingerprint density at radius 3 is 2.48 bits per heavy atom. The van der Waals surface area contributed by atoms with E-state index in [4.69, 9.17) is 22.3 Å². The van der Waals surface area contributed by atoms with E-state index < -0.39 is 0 Å². The second-order valence-corrected chi connectivity index (χ2v) is 6.89. The number of anilines is 1. The third kappa shape index (κ3) is 3.08. The summed E-state index contributed by atoms with van der Waals surface area (Å²) in [4.78, 5) is 4.79. The normalized spacial score (nSPS) is 11.9. The smallest absolute Gasteiger partial charge is 0.132 e. The van der Waals surface area contributed by atoms with Gasteiger partial charge in [-0.05, 0) is 45.7 Å². The van der Waals surface area contributed by atoms with Gasteiger partial charge in [-0.1, -0.05) is 30.7 Å². The van der Waals surface area contributed by atoms with E-state index in [0.29, 0.717) is 5.82 Å². The van der Waals surface area contributed by atoms with E-state index in [0.717, 1.165) is 40.5 Å². The van der Waals surface area contributed by atoms with Gasteiger partial charge in [0.2, 0.25) is 0 Å². The first-order valence-electron chi connectivity index (χ1n) is 7.39. The fraction of sp³-hybridized carbons (Fsp3) is 0.471. The Morgan fingerprint density at radius 2 is 1.95 bits per heavy atom. The highest BCUT2D eigenvalue weighted by Crippen LogP contribution is 2.33. The standard InChI is InChI=1S/C17H24ClN3/c1-6-7-14-20-15(16(19)21(14)17(3,4)5)12-9-8-11(2)13(18)10-12/h8-10H,6-7,19H2,1-5H3. The molecule has 0 unspecified atom stereocenters. The number of benzene rings is 1. The van der Waals surface area contributed by atoms with Gasteiger partial charge in [0.25, 0.3) is 0 Å². The second kappa shape index (κ2) is 5.72. The van der Waals surface area contributed by atoms with Gasteiger partial charge in [0.15, 0.2) is 0 Å². The molecule has 0 radical (unpaired) electrons. The van der Waals surface area contributed by atoms with Crippen LogP contribution in [0.15, 0.2) is 18.2 Å². The molecule has 21 heavy (non-hydrogen) atoms. The van der Waals surface area contributed by atoms with Crippen molar-refractivity contribution in [3.63, 3.8) is 0 Å². The molecule has 0 saturated carbocycles. The molecule has 2 aromatic rings. The van der Waals surface area contributed by atoms with Crippen molar-refractivity contribution in [1.82, 2.24) is 9.55 Å². The Balaban J connectivity index is 2.62. The quantitative estimate of drug-likeness (QED) is 0.885. The summed E-state index contributed by atoms with van der Waals surface area (Å²) in [5.41, 5.74) is 9.17. The Bertz CT molecular complexity index is 651. The topological polar surface area (TPSA) is 43.8 Å². The van der Waals surface area contributed by atoms with Crippen LogP contribution in [0.25, 0.3) is 11.3 Å². The van der Waals surface area contributed by atoms with E-state index in [1.807, 2.05) is 25.1 Å². The third-order valence-corrected chi connectivity index (χ3v) is 3.98. The van der Waals surface area contributed by atoms with Crippen LogP contribution >= 0.6 is 11.6 Å². The molecular weight excluding hydrogens is 282 g/mol. The van der Waals surface area contributed by atoms with Gasteiger partial charge in [0.1, 0.15) is 17.3 Å². The predicted octanol–water partition coefficient (Wildman–Crippen LogP) is 4.80. The largest absolute Gasteiger partial charge is 0.383 e. The van der Waals surface area contributed by atoms with Crippen LogP contribution in [0.2, 0.25) is 5.02 Å². The molecule has 2 rings (SSSR count). The first-order chi connectivity index (χ1) is 9.75. The zero-order chi connectivity index (χ0) is 15.8. The number of nitrogens with two attached hydrogens (primary N) is 1. The van der Waals surface area contributed by atoms with Crippen LogP contribution in [0.1, 0.15) is 45.5 Å². The van der Waals surface area contributed by atoms with Crippen LogP contribution in [0.4, 0.5) is 5.82 Å². The maximum Gasteiger partial charge on any atom is 0.132 e. The molecule has 4 heteroatoms. The highest BCUT2D eigenvalue weighted by atomic mass is 35.5. The maximum atomic E-state index is 6.40. The highest BCUT2D eigenvalue weighted by molar-refractivity contribution is 6.31. The first-order valence-corrected chi connectivity index (χ1v) is 7.77. The van der Waals surface area contributed by atoms with Gasteiger partial charge < -0.3 is 10.3 Å². The maximum absolute atomic E-state index is 6.40. The van der Waals surface area contributed by atoms with Crippen LogP contribution in [-0.4, -0.2) is 9.55 Å². The van der Waals surface area contributed by atoms with Crippen molar-refractivity contribution < 1.29 is 0 Å². The number of imidazole rings is 1. The molecule has 0 aliphatic rings. The van der Waals surface area contributed by atoms with Crippen molar-refractivity contribution in [2.45, 2.75) is 53.0 Å². The monoisotopic (exact) mass is 305 g/mol. The van der Waals surface area contributed by atoms with Crippen LogP contribution in [0.5, 0.6) is 0 Å². The minimum atomic E-state index is -0.0890. The van der Waals surface area contributed by atoms with Gasteiger partial charge in [-0.2, -0.15) is 0 Å². The molecular formula is C17H24ClN3. The SMILES string of the molecule is CCCc1nc(-c2ccc(C)c(Cl)c2)c(N)n1C(C)(C)C. The Labute approximate surface area is 132 Å². The van der Waals surface area contributed by atoms with Gasteiger partial charge >= 0.3 is 0 Å². The zero-order valence-corrected chi connectivity index (χ0v) is 14.3. The predicted molar refractivity (Wildman–Crippen MR) is 90.8 cm³/mol. The van der Waals surface area contributed by atoms with Gasteiger partial charge in [0, 0.05) is 22.5 Å². The molecule has 2 N–H and O–H groups in total. The Hall–Kier alpha value is -1.48. The molecule has 0 saturated heterocycles. The number of aromatic nitrogens is 2. The summed E-state index contributed by atoms with van der Waals surface area (Å²) in [6.45, 7) is 10.6. The first kappa shape index (κ1) is 15.9. The minimum absolute atomic E-state index is 0.0890. The fourth-order valence-electron chi connectivity index (χ4n) is 2.57. The summed E-state index contributed by atoms with van der Waals surface area (Å²) in [5, 5.41) is 0.745. The van der Waals surface area contributed by atoms with Crippen molar-refractivity contribution in [2.24, 2.45) is 0 Å². The Kier molecular flexibility index (Phi) is 4.33. The molecule has 0 fully saturated rings. The highest BCUT2D eigenvalue weighted by Gasteiger charge is 2.24. The molecule has 114 valence electrons. The lowest BCUT2D eigenvalue weighted by Crippen LogP contribution is -2.25. The Morgan fingerprint density at radius 1 is 1.29 bits per heavy atom. The molecule has 3 nitrogen and oxygen atoms in total. The van der Waals surface area contributed by atoms with E-state index >= 15 is 0 Å². The molecule has 0 amide bonds. The van der Waals surface area contributed by atoms with E-state index in [2.05, 4.69) is 32.3 Å². The van der Waals surface area contributed by atoms with Gasteiger partial charge in [-0.25, -0.2) is 4.98 Å². The summed E-state index contributed by atoms with van der Waals surface area (Å²) >= 11 is 6.24. The lowest BCUT2D eigenvalue weighted by molar-refractivity contribution is 0.387. The molecule has 0 bridgehead atoms. The summed E-state index contributed by atoms with van der Waals surface area (Å²) < 4.78 is 2.14. The van der Waals surface area contributed by atoms with Crippen molar-refractivity contribution >= 4 is 17.4 Å². The van der Waals surface area contributed by atoms with E-state index in [1.165, 1.54) is 0 Å². The summed E-state index contributed by atoms with van der Waals surface area (Å²) in [5.74, 6) is 1.75. The zero-order valence-electron chi connectivity index (χ0n) is 13.5. The number of nitrogens with zero attached hydrogens (tertiary/aromatic N) is 2. The van der Waals surface area contributed by atoms with E-state index in [-0.39, 0.29) is 5.54 Å². The number of hydrogen-bond donors (Lipinski definition) is 1. The molecule has 1 aromatic carbocycles.